The van der Waals surface area contributed by atoms with Crippen molar-refractivity contribution in [1.29, 1.82) is 0 Å². The van der Waals surface area contributed by atoms with E-state index in [1.807, 2.05) is 0 Å². The first-order chi connectivity index (χ1) is 8.79. The van der Waals surface area contributed by atoms with Crippen molar-refractivity contribution in [2.45, 2.75) is 45.4 Å². The van der Waals surface area contributed by atoms with Gasteiger partial charge < -0.3 is 5.32 Å². The Morgan fingerprint density at radius 2 is 2.00 bits per heavy atom. The van der Waals surface area contributed by atoms with Gasteiger partial charge in [0, 0.05) is 19.6 Å². The number of hydrogen-bond acceptors (Lipinski definition) is 2. The molecule has 0 bridgehead atoms. The van der Waals surface area contributed by atoms with E-state index in [1.54, 1.807) is 0 Å². The molecular formula is C16H30N2. The van der Waals surface area contributed by atoms with E-state index < -0.39 is 0 Å². The van der Waals surface area contributed by atoms with Gasteiger partial charge in [-0.1, -0.05) is 32.8 Å². The molecule has 0 spiro atoms. The molecule has 2 aliphatic rings. The molecule has 2 rings (SSSR count). The van der Waals surface area contributed by atoms with Crippen molar-refractivity contribution in [2.75, 3.05) is 32.7 Å². The van der Waals surface area contributed by atoms with Gasteiger partial charge in [-0.25, -0.2) is 0 Å². The number of fused-ring (bicyclic) bond motifs is 1. The van der Waals surface area contributed by atoms with Gasteiger partial charge in [0.15, 0.2) is 0 Å². The van der Waals surface area contributed by atoms with Crippen LogP contribution in [0.1, 0.15) is 45.4 Å². The second-order valence-electron chi connectivity index (χ2n) is 6.26. The highest BCUT2D eigenvalue weighted by atomic mass is 15.1. The average molecular weight is 250 g/mol. The highest BCUT2D eigenvalue weighted by Gasteiger charge is 2.30. The summed E-state index contributed by atoms with van der Waals surface area (Å²) in [7, 11) is 0. The van der Waals surface area contributed by atoms with Crippen molar-refractivity contribution < 1.29 is 0 Å². The predicted octanol–water partition coefficient (Wildman–Crippen LogP) is 3.05. The monoisotopic (exact) mass is 250 g/mol. The van der Waals surface area contributed by atoms with E-state index in [9.17, 15) is 0 Å². The van der Waals surface area contributed by atoms with E-state index in [-0.39, 0.29) is 0 Å². The van der Waals surface area contributed by atoms with Crippen LogP contribution in [-0.2, 0) is 0 Å². The van der Waals surface area contributed by atoms with E-state index >= 15 is 0 Å². The van der Waals surface area contributed by atoms with Crippen molar-refractivity contribution in [3.8, 4) is 0 Å². The Hall–Kier alpha value is -0.340. The molecular weight excluding hydrogens is 220 g/mol. The summed E-state index contributed by atoms with van der Waals surface area (Å²) in [5.41, 5.74) is 1.36. The van der Waals surface area contributed by atoms with Gasteiger partial charge in [0.05, 0.1) is 0 Å². The Morgan fingerprint density at radius 3 is 2.78 bits per heavy atom. The van der Waals surface area contributed by atoms with E-state index in [0.717, 1.165) is 31.5 Å². The van der Waals surface area contributed by atoms with Gasteiger partial charge in [0.1, 0.15) is 0 Å². The van der Waals surface area contributed by atoms with E-state index in [4.69, 9.17) is 0 Å². The van der Waals surface area contributed by atoms with Crippen LogP contribution < -0.4 is 5.32 Å². The minimum atomic E-state index is 0.990. The maximum Gasteiger partial charge on any atom is 0.0202 e. The highest BCUT2D eigenvalue weighted by molar-refractivity contribution is 5.01. The third kappa shape index (κ3) is 4.10. The first kappa shape index (κ1) is 14.1. The fourth-order valence-corrected chi connectivity index (χ4v) is 3.63. The molecule has 2 fully saturated rings. The largest absolute Gasteiger partial charge is 0.313 e. The first-order valence-corrected chi connectivity index (χ1v) is 7.89. The summed E-state index contributed by atoms with van der Waals surface area (Å²) in [5, 5.41) is 3.45. The first-order valence-electron chi connectivity index (χ1n) is 7.89. The van der Waals surface area contributed by atoms with Crippen LogP contribution in [0.3, 0.4) is 0 Å². The topological polar surface area (TPSA) is 15.3 Å². The van der Waals surface area contributed by atoms with Crippen LogP contribution in [0, 0.1) is 11.8 Å². The Morgan fingerprint density at radius 1 is 1.22 bits per heavy atom. The summed E-state index contributed by atoms with van der Waals surface area (Å²) in [5.74, 6) is 2.03. The van der Waals surface area contributed by atoms with E-state index in [2.05, 4.69) is 23.7 Å². The molecule has 104 valence electrons. The zero-order chi connectivity index (χ0) is 12.8. The zero-order valence-corrected chi connectivity index (χ0v) is 12.1. The summed E-state index contributed by atoms with van der Waals surface area (Å²) in [6.45, 7) is 12.3. The van der Waals surface area contributed by atoms with Gasteiger partial charge in [0.2, 0.25) is 0 Å². The second kappa shape index (κ2) is 7.30. The van der Waals surface area contributed by atoms with Gasteiger partial charge in [-0.15, -0.1) is 0 Å². The molecule has 2 atom stereocenters. The highest BCUT2D eigenvalue weighted by Crippen LogP contribution is 2.36. The Balaban J connectivity index is 1.69. The smallest absolute Gasteiger partial charge is 0.0202 e. The van der Waals surface area contributed by atoms with E-state index in [0.29, 0.717) is 0 Å². The maximum absolute atomic E-state index is 4.22. The minimum absolute atomic E-state index is 0.990. The van der Waals surface area contributed by atoms with Crippen molar-refractivity contribution >= 4 is 0 Å². The molecule has 1 heterocycles. The lowest BCUT2D eigenvalue weighted by molar-refractivity contribution is 0.0931. The molecule has 1 saturated heterocycles. The molecule has 1 saturated carbocycles. The molecule has 18 heavy (non-hydrogen) atoms. The van der Waals surface area contributed by atoms with Crippen LogP contribution in [0.25, 0.3) is 0 Å². The average Bonchev–Trinajstić information content (AvgIpc) is 2.39. The summed E-state index contributed by atoms with van der Waals surface area (Å²) in [6, 6.07) is 0. The number of nitrogens with zero attached hydrogens (tertiary/aromatic N) is 1. The third-order valence-electron chi connectivity index (χ3n) is 4.62. The predicted molar refractivity (Wildman–Crippen MR) is 78.8 cm³/mol. The van der Waals surface area contributed by atoms with Crippen molar-refractivity contribution in [3.63, 3.8) is 0 Å². The molecule has 1 aliphatic carbocycles. The molecule has 1 N–H and O–H groups in total. The van der Waals surface area contributed by atoms with E-state index in [1.165, 1.54) is 57.2 Å². The summed E-state index contributed by atoms with van der Waals surface area (Å²) in [6.07, 6.45) is 8.56. The molecule has 0 amide bonds. The number of piperidine rings is 1. The number of likely N-dealkylation sites (tertiary alicyclic amines) is 1. The number of hydrogen-bond donors (Lipinski definition) is 1. The van der Waals surface area contributed by atoms with Crippen LogP contribution in [0.2, 0.25) is 0 Å². The van der Waals surface area contributed by atoms with Gasteiger partial charge >= 0.3 is 0 Å². The minimum Gasteiger partial charge on any atom is -0.313 e. The van der Waals surface area contributed by atoms with Gasteiger partial charge in [0.25, 0.3) is 0 Å². The van der Waals surface area contributed by atoms with Crippen LogP contribution in [0.15, 0.2) is 12.2 Å². The lowest BCUT2D eigenvalue weighted by Gasteiger charge is -2.41. The van der Waals surface area contributed by atoms with Crippen molar-refractivity contribution in [3.05, 3.63) is 12.2 Å². The van der Waals surface area contributed by atoms with Crippen LogP contribution in [-0.4, -0.2) is 37.6 Å². The lowest BCUT2D eigenvalue weighted by Crippen LogP contribution is -2.43. The van der Waals surface area contributed by atoms with Crippen molar-refractivity contribution in [1.82, 2.24) is 10.2 Å². The zero-order valence-electron chi connectivity index (χ0n) is 12.1. The molecule has 0 aromatic rings. The third-order valence-corrected chi connectivity index (χ3v) is 4.62. The molecule has 2 nitrogen and oxygen atoms in total. The Bertz CT molecular complexity index is 262. The van der Waals surface area contributed by atoms with Gasteiger partial charge in [-0.3, -0.25) is 4.90 Å². The van der Waals surface area contributed by atoms with Crippen LogP contribution in [0.5, 0.6) is 0 Å². The van der Waals surface area contributed by atoms with Gasteiger partial charge in [-0.05, 0) is 49.8 Å². The normalized spacial score (nSPS) is 28.9. The Labute approximate surface area is 113 Å². The quantitative estimate of drug-likeness (QED) is 0.576. The lowest BCUT2D eigenvalue weighted by atomic mass is 9.75. The molecule has 1 aliphatic heterocycles. The van der Waals surface area contributed by atoms with Crippen LogP contribution in [0.4, 0.5) is 0 Å². The molecule has 0 aromatic carbocycles. The standard InChI is InChI=1S/C16H30N2/c1-3-9-17-11-14(2)12-18-10-8-15-6-4-5-7-16(15)13-18/h15-17H,2-13H2,1H3. The molecule has 0 radical (unpaired) electrons. The molecule has 2 unspecified atom stereocenters. The number of rotatable bonds is 6. The Kier molecular flexibility index (Phi) is 5.71. The molecule has 2 heteroatoms. The fraction of sp³-hybridized carbons (Fsp3) is 0.875. The van der Waals surface area contributed by atoms with Crippen molar-refractivity contribution in [2.24, 2.45) is 11.8 Å². The summed E-state index contributed by atoms with van der Waals surface area (Å²) < 4.78 is 0. The summed E-state index contributed by atoms with van der Waals surface area (Å²) in [4.78, 5) is 2.64. The second-order valence-corrected chi connectivity index (χ2v) is 6.26. The molecule has 0 aromatic heterocycles. The SMILES string of the molecule is C=C(CNCCC)CN1CCC2CCCCC2C1. The number of nitrogens with one attached hydrogen (secondary N) is 1. The fourth-order valence-electron chi connectivity index (χ4n) is 3.63. The van der Waals surface area contributed by atoms with Crippen LogP contribution >= 0.6 is 0 Å². The maximum atomic E-state index is 4.22. The van der Waals surface area contributed by atoms with Gasteiger partial charge in [-0.2, -0.15) is 0 Å². The summed E-state index contributed by atoms with van der Waals surface area (Å²) >= 11 is 0.